The molecule has 0 spiro atoms. The van der Waals surface area contributed by atoms with Gasteiger partial charge in [0.15, 0.2) is 0 Å². The summed E-state index contributed by atoms with van der Waals surface area (Å²) in [5.41, 5.74) is 3.62. The fraction of sp³-hybridized carbons (Fsp3) is 0.471. The normalized spacial score (nSPS) is 11.8. The Morgan fingerprint density at radius 1 is 1.23 bits per heavy atom. The van der Waals surface area contributed by atoms with Crippen molar-refractivity contribution in [3.05, 3.63) is 24.3 Å². The first kappa shape index (κ1) is 19.5. The Labute approximate surface area is 151 Å². The van der Waals surface area contributed by atoms with E-state index in [0.717, 1.165) is 12.8 Å². The molecule has 1 aromatic carbocycles. The number of rotatable bonds is 8. The van der Waals surface area contributed by atoms with E-state index in [2.05, 4.69) is 15.7 Å². The Morgan fingerprint density at radius 3 is 2.73 bits per heavy atom. The fourth-order valence-corrected chi connectivity index (χ4v) is 2.20. The van der Waals surface area contributed by atoms with Gasteiger partial charge >= 0.3 is 18.2 Å². The molecule has 0 saturated heterocycles. The van der Waals surface area contributed by atoms with Gasteiger partial charge in [-0.05, 0) is 32.4 Å². The number of aromatic nitrogens is 2. The van der Waals surface area contributed by atoms with Gasteiger partial charge in [-0.3, -0.25) is 0 Å². The Kier molecular flexibility index (Phi) is 7.22. The summed E-state index contributed by atoms with van der Waals surface area (Å²) in [5, 5.41) is 2.63. The van der Waals surface area contributed by atoms with E-state index in [1.165, 1.54) is 4.68 Å². The number of fused-ring (bicyclic) bond motifs is 1. The quantitative estimate of drug-likeness (QED) is 0.551. The van der Waals surface area contributed by atoms with Crippen molar-refractivity contribution < 1.29 is 23.8 Å². The van der Waals surface area contributed by atoms with Crippen LogP contribution in [0.3, 0.4) is 0 Å². The van der Waals surface area contributed by atoms with Gasteiger partial charge in [0.25, 0.3) is 0 Å². The molecule has 0 aliphatic rings. The zero-order chi connectivity index (χ0) is 18.9. The molecular formula is C17H24N4O5. The molecule has 1 atom stereocenters. The molecule has 0 fully saturated rings. The number of hydrogen-bond donors (Lipinski definition) is 2. The highest BCUT2D eigenvalue weighted by molar-refractivity contribution is 5.83. The maximum Gasteiger partial charge on any atom is 0.428 e. The van der Waals surface area contributed by atoms with Crippen LogP contribution >= 0.6 is 0 Å². The molecule has 2 rings (SSSR count). The minimum absolute atomic E-state index is 0.0683. The van der Waals surface area contributed by atoms with Crippen LogP contribution in [0.25, 0.3) is 11.0 Å². The third-order valence-electron chi connectivity index (χ3n) is 3.39. The van der Waals surface area contributed by atoms with Crippen molar-refractivity contribution in [3.8, 4) is 6.01 Å². The van der Waals surface area contributed by atoms with E-state index in [1.54, 1.807) is 38.1 Å². The highest BCUT2D eigenvalue weighted by Crippen LogP contribution is 2.20. The number of unbranched alkanes of at least 4 members (excludes halogenated alkanes) is 1. The first-order valence-corrected chi connectivity index (χ1v) is 8.57. The lowest BCUT2D eigenvalue weighted by atomic mass is 10.3. The minimum atomic E-state index is -0.759. The van der Waals surface area contributed by atoms with Crippen LogP contribution in [0.15, 0.2) is 24.3 Å². The van der Waals surface area contributed by atoms with Gasteiger partial charge in [0.1, 0.15) is 0 Å². The number of amides is 2. The molecular weight excluding hydrogens is 340 g/mol. The standard InChI is InChI=1S/C17H24N4O5/c1-4-6-11-18-16(22)26-15-19-13-9-7-8-10-14(13)21(15)20-17(23)25-12(3)24-5-2/h7-10,12H,4-6,11H2,1-3H3,(H,18,22)(H,20,23). The van der Waals surface area contributed by atoms with Crippen molar-refractivity contribution in [1.29, 1.82) is 0 Å². The predicted octanol–water partition coefficient (Wildman–Crippen LogP) is 2.99. The zero-order valence-corrected chi connectivity index (χ0v) is 15.2. The number of para-hydroxylation sites is 2. The number of nitrogens with one attached hydrogen (secondary N) is 2. The van der Waals surface area contributed by atoms with Gasteiger partial charge in [0, 0.05) is 13.2 Å². The molecule has 1 heterocycles. The van der Waals surface area contributed by atoms with Crippen molar-refractivity contribution in [2.24, 2.45) is 0 Å². The van der Waals surface area contributed by atoms with E-state index >= 15 is 0 Å². The summed E-state index contributed by atoms with van der Waals surface area (Å²) in [6, 6.07) is 6.97. The second kappa shape index (κ2) is 9.62. The van der Waals surface area contributed by atoms with E-state index in [0.29, 0.717) is 24.2 Å². The van der Waals surface area contributed by atoms with Gasteiger partial charge in [-0.25, -0.2) is 15.0 Å². The van der Waals surface area contributed by atoms with Gasteiger partial charge in [-0.1, -0.05) is 25.5 Å². The first-order chi connectivity index (χ1) is 12.5. The zero-order valence-electron chi connectivity index (χ0n) is 15.2. The summed E-state index contributed by atoms with van der Waals surface area (Å²) < 4.78 is 16.7. The van der Waals surface area contributed by atoms with E-state index < -0.39 is 18.5 Å². The molecule has 0 radical (unpaired) electrons. The second-order valence-corrected chi connectivity index (χ2v) is 5.43. The molecule has 0 aliphatic carbocycles. The monoisotopic (exact) mass is 364 g/mol. The van der Waals surface area contributed by atoms with Crippen molar-refractivity contribution in [2.75, 3.05) is 18.6 Å². The molecule has 0 bridgehead atoms. The van der Waals surface area contributed by atoms with E-state index in [4.69, 9.17) is 14.2 Å². The Bertz CT molecular complexity index is 746. The number of imidazole rings is 1. The van der Waals surface area contributed by atoms with Crippen LogP contribution in [0.5, 0.6) is 6.01 Å². The van der Waals surface area contributed by atoms with Crippen molar-refractivity contribution in [2.45, 2.75) is 39.9 Å². The van der Waals surface area contributed by atoms with Crippen LogP contribution in [0.1, 0.15) is 33.6 Å². The van der Waals surface area contributed by atoms with Crippen molar-refractivity contribution in [1.82, 2.24) is 15.0 Å². The smallest absolute Gasteiger partial charge is 0.419 e. The number of carbonyl (C=O) groups is 2. The molecule has 2 amide bonds. The number of ether oxygens (including phenoxy) is 3. The van der Waals surface area contributed by atoms with Crippen LogP contribution in [-0.2, 0) is 9.47 Å². The third-order valence-corrected chi connectivity index (χ3v) is 3.39. The lowest BCUT2D eigenvalue weighted by molar-refractivity contribution is -0.0835. The second-order valence-electron chi connectivity index (χ2n) is 5.43. The largest absolute Gasteiger partial charge is 0.428 e. The highest BCUT2D eigenvalue weighted by Gasteiger charge is 2.18. The van der Waals surface area contributed by atoms with Crippen LogP contribution in [0.2, 0.25) is 0 Å². The third kappa shape index (κ3) is 5.35. The number of nitrogens with zero attached hydrogens (tertiary/aromatic N) is 2. The molecule has 1 unspecified atom stereocenters. The van der Waals surface area contributed by atoms with Gasteiger partial charge in [-0.15, -0.1) is 0 Å². The summed E-state index contributed by atoms with van der Waals surface area (Å²) in [6.45, 7) is 6.33. The Hall–Kier alpha value is -2.81. The average molecular weight is 364 g/mol. The van der Waals surface area contributed by atoms with Crippen molar-refractivity contribution >= 4 is 23.2 Å². The molecule has 2 aromatic rings. The SMILES string of the molecule is CCCCNC(=O)Oc1nc2ccccc2n1NC(=O)OC(C)OCC. The fourth-order valence-electron chi connectivity index (χ4n) is 2.20. The van der Waals surface area contributed by atoms with Gasteiger partial charge in [-0.2, -0.15) is 9.66 Å². The number of benzene rings is 1. The highest BCUT2D eigenvalue weighted by atomic mass is 16.7. The minimum Gasteiger partial charge on any atom is -0.419 e. The number of hydrogen-bond acceptors (Lipinski definition) is 6. The summed E-state index contributed by atoms with van der Waals surface area (Å²) in [6.07, 6.45) is -0.329. The lowest BCUT2D eigenvalue weighted by Crippen LogP contribution is -2.32. The van der Waals surface area contributed by atoms with E-state index in [-0.39, 0.29) is 6.01 Å². The average Bonchev–Trinajstić information content (AvgIpc) is 2.92. The van der Waals surface area contributed by atoms with Gasteiger partial charge < -0.3 is 19.5 Å². The predicted molar refractivity (Wildman–Crippen MR) is 95.6 cm³/mol. The molecule has 9 heteroatoms. The molecule has 26 heavy (non-hydrogen) atoms. The summed E-state index contributed by atoms with van der Waals surface area (Å²) in [7, 11) is 0. The summed E-state index contributed by atoms with van der Waals surface area (Å²) >= 11 is 0. The van der Waals surface area contributed by atoms with Crippen LogP contribution in [-0.4, -0.2) is 41.3 Å². The maximum absolute atomic E-state index is 12.1. The molecule has 0 saturated carbocycles. The Morgan fingerprint density at radius 2 is 2.00 bits per heavy atom. The summed E-state index contributed by atoms with van der Waals surface area (Å²) in [4.78, 5) is 28.2. The molecule has 9 nitrogen and oxygen atoms in total. The molecule has 1 aromatic heterocycles. The topological polar surface area (TPSA) is 104 Å². The molecule has 0 aliphatic heterocycles. The van der Waals surface area contributed by atoms with Gasteiger partial charge in [0.05, 0.1) is 11.0 Å². The van der Waals surface area contributed by atoms with Crippen LogP contribution in [0, 0.1) is 0 Å². The van der Waals surface area contributed by atoms with E-state index in [1.807, 2.05) is 6.92 Å². The van der Waals surface area contributed by atoms with Crippen LogP contribution in [0.4, 0.5) is 9.59 Å². The Balaban J connectivity index is 2.15. The lowest BCUT2D eigenvalue weighted by Gasteiger charge is -2.15. The molecule has 142 valence electrons. The first-order valence-electron chi connectivity index (χ1n) is 8.57. The van der Waals surface area contributed by atoms with Crippen molar-refractivity contribution in [3.63, 3.8) is 0 Å². The maximum atomic E-state index is 12.1. The van der Waals surface area contributed by atoms with Gasteiger partial charge in [0.2, 0.25) is 6.29 Å². The van der Waals surface area contributed by atoms with E-state index in [9.17, 15) is 9.59 Å². The number of carbonyl (C=O) groups excluding carboxylic acids is 2. The summed E-state index contributed by atoms with van der Waals surface area (Å²) in [5.74, 6) is 0. The van der Waals surface area contributed by atoms with Crippen LogP contribution < -0.4 is 15.5 Å². The molecule has 2 N–H and O–H groups in total.